The molecule has 1 amide bonds. The molecule has 1 N–H and O–H groups in total. The van der Waals surface area contributed by atoms with Gasteiger partial charge in [-0.25, -0.2) is 0 Å². The number of amides is 1. The third-order valence-corrected chi connectivity index (χ3v) is 4.16. The van der Waals surface area contributed by atoms with Crippen molar-refractivity contribution in [2.45, 2.75) is 19.8 Å². The van der Waals surface area contributed by atoms with Crippen LogP contribution in [0.15, 0.2) is 28.7 Å². The van der Waals surface area contributed by atoms with E-state index in [0.29, 0.717) is 25.9 Å². The lowest BCUT2D eigenvalue weighted by Gasteiger charge is -2.34. The van der Waals surface area contributed by atoms with E-state index in [1.54, 1.807) is 4.90 Å². The van der Waals surface area contributed by atoms with Crippen LogP contribution in [0.3, 0.4) is 0 Å². The van der Waals surface area contributed by atoms with E-state index < -0.39 is 11.9 Å². The normalized spacial score (nSPS) is 22.6. The first kappa shape index (κ1) is 15.0. The summed E-state index contributed by atoms with van der Waals surface area (Å²) < 4.78 is 0.978. The summed E-state index contributed by atoms with van der Waals surface area (Å²) in [7, 11) is 0. The predicted octanol–water partition coefficient (Wildman–Crippen LogP) is 2.56. The number of halogens is 1. The first-order valence-electron chi connectivity index (χ1n) is 6.70. The number of carbonyl (C=O) groups excluding carboxylic acids is 1. The van der Waals surface area contributed by atoms with Gasteiger partial charge >= 0.3 is 5.97 Å². The number of rotatable bonds is 3. The predicted molar refractivity (Wildman–Crippen MR) is 79.3 cm³/mol. The summed E-state index contributed by atoms with van der Waals surface area (Å²) in [6.45, 7) is 2.98. The lowest BCUT2D eigenvalue weighted by atomic mass is 9.90. The molecule has 0 aliphatic carbocycles. The van der Waals surface area contributed by atoms with E-state index in [1.807, 2.05) is 31.2 Å². The van der Waals surface area contributed by atoms with Crippen LogP contribution in [0.25, 0.3) is 0 Å². The highest BCUT2D eigenvalue weighted by Gasteiger charge is 2.31. The Labute approximate surface area is 126 Å². The minimum absolute atomic E-state index is 0.00474. The topological polar surface area (TPSA) is 57.6 Å². The molecule has 1 saturated heterocycles. The van der Waals surface area contributed by atoms with Gasteiger partial charge in [-0.1, -0.05) is 35.0 Å². The second kappa shape index (κ2) is 6.39. The quantitative estimate of drug-likeness (QED) is 0.920. The van der Waals surface area contributed by atoms with Crippen LogP contribution in [0, 0.1) is 11.8 Å². The van der Waals surface area contributed by atoms with E-state index in [9.17, 15) is 9.59 Å². The van der Waals surface area contributed by atoms with Gasteiger partial charge < -0.3 is 10.0 Å². The smallest absolute Gasteiger partial charge is 0.308 e. The maximum Gasteiger partial charge on any atom is 0.308 e. The summed E-state index contributed by atoms with van der Waals surface area (Å²) in [5.41, 5.74) is 0.948. The minimum Gasteiger partial charge on any atom is -0.481 e. The molecule has 2 atom stereocenters. The van der Waals surface area contributed by atoms with Crippen molar-refractivity contribution < 1.29 is 14.7 Å². The Kier molecular flexibility index (Phi) is 4.81. The van der Waals surface area contributed by atoms with Crippen LogP contribution in [-0.4, -0.2) is 35.0 Å². The van der Waals surface area contributed by atoms with Crippen molar-refractivity contribution in [1.29, 1.82) is 0 Å². The zero-order valence-electron chi connectivity index (χ0n) is 11.4. The van der Waals surface area contributed by atoms with E-state index >= 15 is 0 Å². The number of carboxylic acid groups (broad SMARTS) is 1. The first-order chi connectivity index (χ1) is 9.45. The lowest BCUT2D eigenvalue weighted by Crippen LogP contribution is -2.46. The van der Waals surface area contributed by atoms with E-state index in [1.165, 1.54) is 0 Å². The highest BCUT2D eigenvalue weighted by Crippen LogP contribution is 2.22. The number of aliphatic carboxylic acids is 1. The largest absolute Gasteiger partial charge is 0.481 e. The molecule has 1 fully saturated rings. The van der Waals surface area contributed by atoms with Gasteiger partial charge in [-0.15, -0.1) is 0 Å². The molecule has 0 aromatic heterocycles. The van der Waals surface area contributed by atoms with Crippen LogP contribution < -0.4 is 0 Å². The summed E-state index contributed by atoms with van der Waals surface area (Å²) in [6, 6.07) is 7.62. The molecule has 0 bridgehead atoms. The van der Waals surface area contributed by atoms with Gasteiger partial charge in [0.2, 0.25) is 5.91 Å². The lowest BCUT2D eigenvalue weighted by molar-refractivity contribution is -0.146. The molecule has 0 radical (unpaired) electrons. The highest BCUT2D eigenvalue weighted by molar-refractivity contribution is 9.10. The maximum atomic E-state index is 12.3. The summed E-state index contributed by atoms with van der Waals surface area (Å²) >= 11 is 3.36. The number of hydrogen-bond donors (Lipinski definition) is 1. The maximum absolute atomic E-state index is 12.3. The van der Waals surface area contributed by atoms with Gasteiger partial charge in [-0.2, -0.15) is 0 Å². The van der Waals surface area contributed by atoms with Crippen molar-refractivity contribution in [3.8, 4) is 0 Å². The Morgan fingerprint density at radius 1 is 1.30 bits per heavy atom. The van der Waals surface area contributed by atoms with Gasteiger partial charge in [-0.3, -0.25) is 9.59 Å². The molecule has 2 unspecified atom stereocenters. The SMILES string of the molecule is CC1CC(C(=O)O)CN(C(=O)Cc2ccc(Br)cc2)C1. The van der Waals surface area contributed by atoms with Crippen LogP contribution in [0.1, 0.15) is 18.9 Å². The van der Waals surface area contributed by atoms with E-state index in [2.05, 4.69) is 15.9 Å². The number of nitrogens with zero attached hydrogens (tertiary/aromatic N) is 1. The van der Waals surface area contributed by atoms with Crippen molar-refractivity contribution in [2.24, 2.45) is 11.8 Å². The molecule has 0 spiro atoms. The molecule has 108 valence electrons. The Morgan fingerprint density at radius 2 is 1.95 bits per heavy atom. The standard InChI is InChI=1S/C15H18BrNO3/c1-10-6-12(15(19)20)9-17(8-10)14(18)7-11-2-4-13(16)5-3-11/h2-5,10,12H,6-9H2,1H3,(H,19,20). The molecule has 1 heterocycles. The number of likely N-dealkylation sites (tertiary alicyclic amines) is 1. The second-order valence-electron chi connectivity index (χ2n) is 5.48. The molecule has 2 rings (SSSR count). The van der Waals surface area contributed by atoms with Gasteiger partial charge in [-0.05, 0) is 30.0 Å². The molecule has 0 saturated carbocycles. The van der Waals surface area contributed by atoms with Gasteiger partial charge in [0.05, 0.1) is 12.3 Å². The fourth-order valence-corrected chi connectivity index (χ4v) is 2.89. The number of carboxylic acids is 1. The zero-order valence-corrected chi connectivity index (χ0v) is 13.0. The number of benzene rings is 1. The van der Waals surface area contributed by atoms with Crippen LogP contribution in [0.4, 0.5) is 0 Å². The van der Waals surface area contributed by atoms with E-state index in [-0.39, 0.29) is 11.8 Å². The van der Waals surface area contributed by atoms with Crippen LogP contribution >= 0.6 is 15.9 Å². The van der Waals surface area contributed by atoms with Gasteiger partial charge in [0.15, 0.2) is 0 Å². The highest BCUT2D eigenvalue weighted by atomic mass is 79.9. The zero-order chi connectivity index (χ0) is 14.7. The fraction of sp³-hybridized carbons (Fsp3) is 0.467. The monoisotopic (exact) mass is 339 g/mol. The Morgan fingerprint density at radius 3 is 2.55 bits per heavy atom. The molecular formula is C15H18BrNO3. The molecule has 4 nitrogen and oxygen atoms in total. The second-order valence-corrected chi connectivity index (χ2v) is 6.39. The average molecular weight is 340 g/mol. The Balaban J connectivity index is 2.01. The summed E-state index contributed by atoms with van der Waals surface area (Å²) in [6.07, 6.45) is 0.976. The fourth-order valence-electron chi connectivity index (χ4n) is 2.62. The third kappa shape index (κ3) is 3.82. The Bertz CT molecular complexity index is 500. The summed E-state index contributed by atoms with van der Waals surface area (Å²) in [4.78, 5) is 25.1. The van der Waals surface area contributed by atoms with Crippen molar-refractivity contribution in [2.75, 3.05) is 13.1 Å². The van der Waals surface area contributed by atoms with Crippen LogP contribution in [-0.2, 0) is 16.0 Å². The Hall–Kier alpha value is -1.36. The molecule has 1 aliphatic heterocycles. The van der Waals surface area contributed by atoms with E-state index in [4.69, 9.17) is 5.11 Å². The number of hydrogen-bond acceptors (Lipinski definition) is 2. The van der Waals surface area contributed by atoms with Crippen molar-refractivity contribution >= 4 is 27.8 Å². The van der Waals surface area contributed by atoms with Crippen molar-refractivity contribution in [3.63, 3.8) is 0 Å². The molecule has 1 aliphatic rings. The van der Waals surface area contributed by atoms with Crippen LogP contribution in [0.2, 0.25) is 0 Å². The molecular weight excluding hydrogens is 322 g/mol. The van der Waals surface area contributed by atoms with Gasteiger partial charge in [0.25, 0.3) is 0 Å². The number of piperidine rings is 1. The van der Waals surface area contributed by atoms with Crippen molar-refractivity contribution in [1.82, 2.24) is 4.90 Å². The average Bonchev–Trinajstić information content (AvgIpc) is 2.40. The van der Waals surface area contributed by atoms with Gasteiger partial charge in [0, 0.05) is 17.6 Å². The minimum atomic E-state index is -0.807. The molecule has 1 aromatic rings. The number of carbonyl (C=O) groups is 2. The summed E-state index contributed by atoms with van der Waals surface area (Å²) in [5, 5.41) is 9.13. The van der Waals surface area contributed by atoms with Crippen molar-refractivity contribution in [3.05, 3.63) is 34.3 Å². The van der Waals surface area contributed by atoms with Gasteiger partial charge in [0.1, 0.15) is 0 Å². The summed E-state index contributed by atoms with van der Waals surface area (Å²) in [5.74, 6) is -1.01. The first-order valence-corrected chi connectivity index (χ1v) is 7.50. The third-order valence-electron chi connectivity index (χ3n) is 3.63. The van der Waals surface area contributed by atoms with E-state index in [0.717, 1.165) is 10.0 Å². The molecule has 5 heteroatoms. The molecule has 1 aromatic carbocycles. The van der Waals surface area contributed by atoms with Crippen LogP contribution in [0.5, 0.6) is 0 Å². The molecule has 20 heavy (non-hydrogen) atoms.